The van der Waals surface area contributed by atoms with Gasteiger partial charge in [0.2, 0.25) is 11.8 Å². The lowest BCUT2D eigenvalue weighted by molar-refractivity contribution is -0.236. The van der Waals surface area contributed by atoms with Crippen LogP contribution in [0.5, 0.6) is 0 Å². The first-order valence-corrected chi connectivity index (χ1v) is 9.54. The molecule has 0 radical (unpaired) electrons. The van der Waals surface area contributed by atoms with Crippen LogP contribution in [-0.4, -0.2) is 64.5 Å². The van der Waals surface area contributed by atoms with Crippen LogP contribution in [-0.2, 0) is 14.4 Å². The Bertz CT molecular complexity index is 608. The summed E-state index contributed by atoms with van der Waals surface area (Å²) in [6.45, 7) is 0.477. The molecule has 1 unspecified atom stereocenters. The first kappa shape index (κ1) is 19.9. The van der Waals surface area contributed by atoms with Crippen LogP contribution in [0.1, 0.15) is 51.4 Å². The smallest absolute Gasteiger partial charge is 0.403 e. The molecule has 2 amide bonds. The lowest BCUT2D eigenvalue weighted by atomic mass is 9.72. The second-order valence-electron chi connectivity index (χ2n) is 7.95. The lowest BCUT2D eigenvalue weighted by Gasteiger charge is -2.44. The summed E-state index contributed by atoms with van der Waals surface area (Å²) in [7, 11) is 0. The molecule has 0 bridgehead atoms. The summed E-state index contributed by atoms with van der Waals surface area (Å²) in [6, 6.07) is -0.209. The van der Waals surface area contributed by atoms with Crippen molar-refractivity contribution in [1.29, 1.82) is 0 Å². The van der Waals surface area contributed by atoms with Crippen molar-refractivity contribution in [2.45, 2.75) is 63.6 Å². The van der Waals surface area contributed by atoms with Crippen molar-refractivity contribution in [2.24, 2.45) is 11.3 Å². The number of amides is 2. The van der Waals surface area contributed by atoms with E-state index in [4.69, 9.17) is 5.11 Å². The van der Waals surface area contributed by atoms with E-state index in [-0.39, 0.29) is 50.8 Å². The van der Waals surface area contributed by atoms with Crippen molar-refractivity contribution < 1.29 is 32.7 Å². The quantitative estimate of drug-likeness (QED) is 0.803. The van der Waals surface area contributed by atoms with Gasteiger partial charge in [-0.1, -0.05) is 19.3 Å². The van der Waals surface area contributed by atoms with Crippen molar-refractivity contribution in [3.63, 3.8) is 0 Å². The summed E-state index contributed by atoms with van der Waals surface area (Å²) in [6.07, 6.45) is -2.60. The summed E-state index contributed by atoms with van der Waals surface area (Å²) < 4.78 is 41.2. The zero-order valence-corrected chi connectivity index (χ0v) is 15.1. The molecule has 1 N–H and O–H groups in total. The molecule has 0 aromatic rings. The van der Waals surface area contributed by atoms with Gasteiger partial charge in [0.05, 0.1) is 5.92 Å². The fourth-order valence-electron chi connectivity index (χ4n) is 4.71. The van der Waals surface area contributed by atoms with Gasteiger partial charge in [0.25, 0.3) is 0 Å². The fraction of sp³-hybridized carbons (Fsp3) is 0.833. The number of alkyl halides is 3. The van der Waals surface area contributed by atoms with Gasteiger partial charge in [-0.05, 0) is 25.7 Å². The van der Waals surface area contributed by atoms with Crippen molar-refractivity contribution in [1.82, 2.24) is 9.80 Å². The van der Waals surface area contributed by atoms with Crippen LogP contribution in [0, 0.1) is 11.3 Å². The molecule has 3 fully saturated rings. The van der Waals surface area contributed by atoms with Gasteiger partial charge in [0.1, 0.15) is 5.41 Å². The third-order valence-corrected chi connectivity index (χ3v) is 6.36. The number of aliphatic carboxylic acids is 1. The van der Waals surface area contributed by atoms with Gasteiger partial charge in [-0.2, -0.15) is 13.2 Å². The molecular weight excluding hydrogens is 365 g/mol. The molecule has 1 atom stereocenters. The maximum absolute atomic E-state index is 13.7. The maximum Gasteiger partial charge on any atom is 0.403 e. The van der Waals surface area contributed by atoms with Gasteiger partial charge in [0.15, 0.2) is 0 Å². The van der Waals surface area contributed by atoms with Crippen molar-refractivity contribution >= 4 is 17.8 Å². The molecule has 27 heavy (non-hydrogen) atoms. The van der Waals surface area contributed by atoms with Crippen LogP contribution in [0.2, 0.25) is 0 Å². The van der Waals surface area contributed by atoms with Gasteiger partial charge >= 0.3 is 12.1 Å². The summed E-state index contributed by atoms with van der Waals surface area (Å²) in [4.78, 5) is 38.8. The van der Waals surface area contributed by atoms with Gasteiger partial charge in [-0.3, -0.25) is 14.4 Å². The van der Waals surface area contributed by atoms with E-state index in [0.717, 1.165) is 6.42 Å². The Morgan fingerprint density at radius 3 is 2.15 bits per heavy atom. The number of rotatable bonds is 3. The van der Waals surface area contributed by atoms with Crippen LogP contribution in [0.3, 0.4) is 0 Å². The molecule has 2 heterocycles. The third-order valence-electron chi connectivity index (χ3n) is 6.36. The second-order valence-corrected chi connectivity index (χ2v) is 7.95. The monoisotopic (exact) mass is 390 g/mol. The predicted molar refractivity (Wildman–Crippen MR) is 88.6 cm³/mol. The Kier molecular flexibility index (Phi) is 5.40. The second kappa shape index (κ2) is 7.31. The van der Waals surface area contributed by atoms with E-state index < -0.39 is 29.4 Å². The van der Waals surface area contributed by atoms with Crippen molar-refractivity contribution in [3.05, 3.63) is 0 Å². The van der Waals surface area contributed by atoms with Crippen LogP contribution in [0.15, 0.2) is 0 Å². The molecule has 3 rings (SSSR count). The summed E-state index contributed by atoms with van der Waals surface area (Å²) in [5.74, 6) is -2.80. The Labute approximate surface area is 155 Å². The van der Waals surface area contributed by atoms with Crippen LogP contribution in [0.25, 0.3) is 0 Å². The standard InChI is InChI=1S/C18H25F3N2O4/c19-18(20,21)17(6-2-1-3-7-17)16(27)22-8-4-13(5-9-22)23-11-12(15(25)26)10-14(23)24/h12-13H,1-11H2,(H,25,26). The maximum atomic E-state index is 13.7. The number of carboxylic acids is 1. The molecule has 9 heteroatoms. The Morgan fingerprint density at radius 1 is 1.07 bits per heavy atom. The van der Waals surface area contributed by atoms with Gasteiger partial charge in [0, 0.05) is 32.1 Å². The highest BCUT2D eigenvalue weighted by atomic mass is 19.4. The average Bonchev–Trinajstić information content (AvgIpc) is 3.03. The molecule has 0 aromatic carbocycles. The van der Waals surface area contributed by atoms with E-state index in [2.05, 4.69) is 0 Å². The number of halogens is 3. The minimum Gasteiger partial charge on any atom is -0.481 e. The summed E-state index contributed by atoms with van der Waals surface area (Å²) >= 11 is 0. The van der Waals surface area contributed by atoms with Crippen LogP contribution >= 0.6 is 0 Å². The molecule has 2 aliphatic heterocycles. The number of nitrogens with zero attached hydrogens (tertiary/aromatic N) is 2. The fourth-order valence-corrected chi connectivity index (χ4v) is 4.71. The molecular formula is C18H25F3N2O4. The zero-order chi connectivity index (χ0) is 19.8. The first-order valence-electron chi connectivity index (χ1n) is 9.54. The molecule has 152 valence electrons. The van der Waals surface area contributed by atoms with Crippen molar-refractivity contribution in [3.8, 4) is 0 Å². The van der Waals surface area contributed by atoms with E-state index in [0.29, 0.717) is 25.7 Å². The molecule has 1 aliphatic carbocycles. The van der Waals surface area contributed by atoms with Gasteiger partial charge < -0.3 is 14.9 Å². The van der Waals surface area contributed by atoms with Crippen molar-refractivity contribution in [2.75, 3.05) is 19.6 Å². The molecule has 3 aliphatic rings. The number of hydrogen-bond acceptors (Lipinski definition) is 3. The van der Waals surface area contributed by atoms with E-state index in [1.54, 1.807) is 0 Å². The number of carbonyl (C=O) groups excluding carboxylic acids is 2. The average molecular weight is 390 g/mol. The largest absolute Gasteiger partial charge is 0.481 e. The molecule has 2 saturated heterocycles. The Morgan fingerprint density at radius 2 is 1.67 bits per heavy atom. The number of hydrogen-bond donors (Lipinski definition) is 1. The normalized spacial score (nSPS) is 27.1. The topological polar surface area (TPSA) is 77.9 Å². The zero-order valence-electron chi connectivity index (χ0n) is 15.1. The third kappa shape index (κ3) is 3.65. The lowest BCUT2D eigenvalue weighted by Crippen LogP contribution is -2.56. The molecule has 1 saturated carbocycles. The summed E-state index contributed by atoms with van der Waals surface area (Å²) in [5, 5.41) is 9.07. The molecule has 0 spiro atoms. The highest BCUT2D eigenvalue weighted by molar-refractivity contribution is 5.86. The number of carboxylic acid groups (broad SMARTS) is 1. The SMILES string of the molecule is O=C(O)C1CC(=O)N(C2CCN(C(=O)C3(C(F)(F)F)CCCCC3)CC2)C1. The molecule has 0 aromatic heterocycles. The number of piperidine rings is 1. The highest BCUT2D eigenvalue weighted by Crippen LogP contribution is 2.50. The van der Waals surface area contributed by atoms with Gasteiger partial charge in [-0.15, -0.1) is 0 Å². The Hall–Kier alpha value is -1.80. The summed E-state index contributed by atoms with van der Waals surface area (Å²) in [5.41, 5.74) is -2.27. The van der Waals surface area contributed by atoms with Crippen LogP contribution < -0.4 is 0 Å². The van der Waals surface area contributed by atoms with Gasteiger partial charge in [-0.25, -0.2) is 0 Å². The molecule has 6 nitrogen and oxygen atoms in total. The Balaban J connectivity index is 1.64. The van der Waals surface area contributed by atoms with E-state index in [1.165, 1.54) is 9.80 Å². The predicted octanol–water partition coefficient (Wildman–Crippen LogP) is 2.42. The number of carbonyl (C=O) groups is 3. The van der Waals surface area contributed by atoms with E-state index >= 15 is 0 Å². The highest BCUT2D eigenvalue weighted by Gasteiger charge is 2.61. The van der Waals surface area contributed by atoms with E-state index in [1.807, 2.05) is 0 Å². The first-order chi connectivity index (χ1) is 12.7. The minimum absolute atomic E-state index is 0.0360. The van der Waals surface area contributed by atoms with E-state index in [9.17, 15) is 27.6 Å². The van der Waals surface area contributed by atoms with Crippen LogP contribution in [0.4, 0.5) is 13.2 Å². The number of likely N-dealkylation sites (tertiary alicyclic amines) is 2. The minimum atomic E-state index is -4.55.